The van der Waals surface area contributed by atoms with E-state index in [1.165, 1.54) is 23.5 Å². The van der Waals surface area contributed by atoms with Gasteiger partial charge in [0.15, 0.2) is 5.13 Å². The third-order valence-electron chi connectivity index (χ3n) is 4.25. The van der Waals surface area contributed by atoms with E-state index in [4.69, 9.17) is 0 Å². The topological polar surface area (TPSA) is 87.2 Å². The number of thiazole rings is 1. The zero-order valence-electron chi connectivity index (χ0n) is 14.7. The molecule has 2 N–H and O–H groups in total. The molecule has 0 atom stereocenters. The molecule has 1 aliphatic rings. The van der Waals surface area contributed by atoms with E-state index in [1.54, 1.807) is 41.4 Å². The molecule has 1 aromatic carbocycles. The number of urea groups is 1. The van der Waals surface area contributed by atoms with E-state index < -0.39 is 5.82 Å². The normalized spacial score (nSPS) is 13.0. The number of hydrogen-bond acceptors (Lipinski definition) is 5. The lowest BCUT2D eigenvalue weighted by Crippen LogP contribution is -2.38. The monoisotopic (exact) mass is 397 g/mol. The van der Waals surface area contributed by atoms with Crippen molar-refractivity contribution < 1.29 is 14.0 Å². The average Bonchev–Trinajstić information content (AvgIpc) is 3.11. The lowest BCUT2D eigenvalue weighted by Gasteiger charge is -2.26. The van der Waals surface area contributed by atoms with Crippen LogP contribution in [0.5, 0.6) is 0 Å². The molecule has 0 spiro atoms. The fourth-order valence-electron chi connectivity index (χ4n) is 2.84. The fraction of sp³-hybridized carbons (Fsp3) is 0.158. The van der Waals surface area contributed by atoms with E-state index in [-0.39, 0.29) is 17.6 Å². The zero-order chi connectivity index (χ0) is 19.5. The van der Waals surface area contributed by atoms with E-state index in [0.29, 0.717) is 30.3 Å². The predicted molar refractivity (Wildman–Crippen MR) is 104 cm³/mol. The third kappa shape index (κ3) is 3.84. The van der Waals surface area contributed by atoms with E-state index >= 15 is 0 Å². The van der Waals surface area contributed by atoms with Crippen LogP contribution in [0.15, 0.2) is 48.7 Å². The SMILES string of the molecule is O=C(Nc1nc2c(s1)CN(C(=O)Nc1ccccc1F)CC2)c1ccccn1. The average molecular weight is 397 g/mol. The van der Waals surface area contributed by atoms with Crippen molar-refractivity contribution in [2.45, 2.75) is 13.0 Å². The predicted octanol–water partition coefficient (Wildman–Crippen LogP) is 3.52. The van der Waals surface area contributed by atoms with Crippen molar-refractivity contribution in [2.75, 3.05) is 17.2 Å². The number of anilines is 2. The van der Waals surface area contributed by atoms with Crippen LogP contribution in [0, 0.1) is 5.82 Å². The molecule has 0 saturated carbocycles. The molecule has 4 rings (SSSR count). The highest BCUT2D eigenvalue weighted by Crippen LogP contribution is 2.29. The number of pyridine rings is 1. The first-order chi connectivity index (χ1) is 13.6. The first kappa shape index (κ1) is 18.1. The molecule has 2 aromatic heterocycles. The summed E-state index contributed by atoms with van der Waals surface area (Å²) in [5.74, 6) is -0.813. The summed E-state index contributed by atoms with van der Waals surface area (Å²) in [7, 11) is 0. The summed E-state index contributed by atoms with van der Waals surface area (Å²) in [6.07, 6.45) is 2.11. The number of carbonyl (C=O) groups excluding carboxylic acids is 2. The van der Waals surface area contributed by atoms with Crippen LogP contribution in [0.25, 0.3) is 0 Å². The van der Waals surface area contributed by atoms with Gasteiger partial charge in [-0.2, -0.15) is 0 Å². The molecule has 3 heterocycles. The van der Waals surface area contributed by atoms with Crippen molar-refractivity contribution in [3.05, 3.63) is 70.7 Å². The summed E-state index contributed by atoms with van der Waals surface area (Å²) in [6.45, 7) is 0.817. The first-order valence-corrected chi connectivity index (χ1v) is 9.43. The molecule has 3 amide bonds. The molecule has 9 heteroatoms. The highest BCUT2D eigenvalue weighted by atomic mass is 32.1. The van der Waals surface area contributed by atoms with Gasteiger partial charge in [-0.25, -0.2) is 14.2 Å². The summed E-state index contributed by atoms with van der Waals surface area (Å²) in [5, 5.41) is 5.80. The second-order valence-electron chi connectivity index (χ2n) is 6.14. The maximum absolute atomic E-state index is 13.7. The molecule has 7 nitrogen and oxygen atoms in total. The Morgan fingerprint density at radius 3 is 2.71 bits per heavy atom. The number of para-hydroxylation sites is 1. The molecule has 142 valence electrons. The number of benzene rings is 1. The van der Waals surface area contributed by atoms with Crippen LogP contribution in [-0.4, -0.2) is 33.4 Å². The molecule has 0 saturated heterocycles. The van der Waals surface area contributed by atoms with Crippen LogP contribution < -0.4 is 10.6 Å². The molecule has 0 unspecified atom stereocenters. The fourth-order valence-corrected chi connectivity index (χ4v) is 3.86. The first-order valence-electron chi connectivity index (χ1n) is 8.61. The van der Waals surface area contributed by atoms with Crippen LogP contribution in [-0.2, 0) is 13.0 Å². The van der Waals surface area contributed by atoms with Crippen LogP contribution in [0.1, 0.15) is 21.1 Å². The van der Waals surface area contributed by atoms with Gasteiger partial charge in [0.25, 0.3) is 5.91 Å². The Labute approximate surface area is 164 Å². The standard InChI is InChI=1S/C19H16FN5O2S/c20-12-5-1-2-6-13(12)23-19(27)25-10-8-14-16(11-25)28-18(22-14)24-17(26)15-7-3-4-9-21-15/h1-7,9H,8,10-11H2,(H,23,27)(H,22,24,26). The van der Waals surface area contributed by atoms with Gasteiger partial charge >= 0.3 is 6.03 Å². The van der Waals surface area contributed by atoms with Gasteiger partial charge in [-0.1, -0.05) is 29.5 Å². The van der Waals surface area contributed by atoms with E-state index in [1.807, 2.05) is 0 Å². The maximum Gasteiger partial charge on any atom is 0.322 e. The van der Waals surface area contributed by atoms with Gasteiger partial charge in [0.2, 0.25) is 0 Å². The number of amides is 3. The number of fused-ring (bicyclic) bond motifs is 1. The Balaban J connectivity index is 1.42. The molecular weight excluding hydrogens is 381 g/mol. The van der Waals surface area contributed by atoms with Gasteiger partial charge in [0.1, 0.15) is 11.5 Å². The van der Waals surface area contributed by atoms with E-state index in [9.17, 15) is 14.0 Å². The highest BCUT2D eigenvalue weighted by Gasteiger charge is 2.25. The zero-order valence-corrected chi connectivity index (χ0v) is 15.5. The quantitative estimate of drug-likeness (QED) is 0.708. The summed E-state index contributed by atoms with van der Waals surface area (Å²) in [4.78, 5) is 35.6. The van der Waals surface area contributed by atoms with Crippen LogP contribution in [0.2, 0.25) is 0 Å². The number of aromatic nitrogens is 2. The van der Waals surface area contributed by atoms with Gasteiger partial charge in [-0.05, 0) is 24.3 Å². The van der Waals surface area contributed by atoms with Gasteiger partial charge < -0.3 is 10.2 Å². The van der Waals surface area contributed by atoms with Crippen LogP contribution in [0.3, 0.4) is 0 Å². The Morgan fingerprint density at radius 2 is 1.93 bits per heavy atom. The molecule has 0 radical (unpaired) electrons. The highest BCUT2D eigenvalue weighted by molar-refractivity contribution is 7.15. The Hall–Kier alpha value is -3.33. The second kappa shape index (κ2) is 7.73. The number of nitrogens with zero attached hydrogens (tertiary/aromatic N) is 3. The van der Waals surface area contributed by atoms with E-state index in [0.717, 1.165) is 10.6 Å². The Bertz CT molecular complexity index is 1020. The van der Waals surface area contributed by atoms with Crippen LogP contribution >= 0.6 is 11.3 Å². The Morgan fingerprint density at radius 1 is 1.11 bits per heavy atom. The molecule has 3 aromatic rings. The number of rotatable bonds is 3. The minimum Gasteiger partial charge on any atom is -0.319 e. The van der Waals surface area contributed by atoms with Gasteiger partial charge in [0, 0.05) is 24.0 Å². The van der Waals surface area contributed by atoms with Crippen molar-refractivity contribution >= 4 is 34.1 Å². The minimum atomic E-state index is -0.481. The molecule has 0 aliphatic carbocycles. The van der Waals surface area contributed by atoms with Crippen molar-refractivity contribution in [1.29, 1.82) is 0 Å². The second-order valence-corrected chi connectivity index (χ2v) is 7.22. The van der Waals surface area contributed by atoms with Gasteiger partial charge in [-0.15, -0.1) is 0 Å². The number of nitrogens with one attached hydrogen (secondary N) is 2. The third-order valence-corrected chi connectivity index (χ3v) is 5.25. The summed E-state index contributed by atoms with van der Waals surface area (Å²) in [6, 6.07) is 10.8. The smallest absolute Gasteiger partial charge is 0.319 e. The van der Waals surface area contributed by atoms with E-state index in [2.05, 4.69) is 20.6 Å². The molecule has 1 aliphatic heterocycles. The van der Waals surface area contributed by atoms with Crippen molar-refractivity contribution in [3.63, 3.8) is 0 Å². The van der Waals surface area contributed by atoms with Crippen molar-refractivity contribution in [2.24, 2.45) is 0 Å². The Kier molecular flexibility index (Phi) is 4.98. The summed E-state index contributed by atoms with van der Waals surface area (Å²) in [5.41, 5.74) is 1.31. The molecular formula is C19H16FN5O2S. The molecule has 0 bridgehead atoms. The molecule has 28 heavy (non-hydrogen) atoms. The van der Waals surface area contributed by atoms with Crippen molar-refractivity contribution in [1.82, 2.24) is 14.9 Å². The van der Waals surface area contributed by atoms with Gasteiger partial charge in [-0.3, -0.25) is 15.1 Å². The van der Waals surface area contributed by atoms with Gasteiger partial charge in [0.05, 0.1) is 17.9 Å². The van der Waals surface area contributed by atoms with Crippen LogP contribution in [0.4, 0.5) is 20.0 Å². The largest absolute Gasteiger partial charge is 0.322 e. The number of carbonyl (C=O) groups is 2. The lowest BCUT2D eigenvalue weighted by atomic mass is 10.2. The summed E-state index contributed by atoms with van der Waals surface area (Å²) < 4.78 is 13.7. The summed E-state index contributed by atoms with van der Waals surface area (Å²) >= 11 is 1.32. The number of hydrogen-bond donors (Lipinski definition) is 2. The van der Waals surface area contributed by atoms with Crippen molar-refractivity contribution in [3.8, 4) is 0 Å². The maximum atomic E-state index is 13.7. The minimum absolute atomic E-state index is 0.144. The molecule has 0 fully saturated rings. The number of halogens is 1. The lowest BCUT2D eigenvalue weighted by molar-refractivity contribution is 0.102.